The van der Waals surface area contributed by atoms with E-state index >= 15 is 0 Å². The zero-order valence-electron chi connectivity index (χ0n) is 8.45. The number of ether oxygens (including phenoxy) is 1. The molecule has 92 valence electrons. The Morgan fingerprint density at radius 2 is 2.00 bits per heavy atom. The second-order valence-corrected chi connectivity index (χ2v) is 3.03. The van der Waals surface area contributed by atoms with E-state index in [9.17, 15) is 28.1 Å². The zero-order chi connectivity index (χ0) is 13.2. The van der Waals surface area contributed by atoms with E-state index in [0.717, 1.165) is 13.0 Å². The number of hydrogen-bond acceptors (Lipinski definition) is 4. The second-order valence-electron chi connectivity index (χ2n) is 3.03. The number of alkyl halides is 3. The minimum absolute atomic E-state index is 0.308. The van der Waals surface area contributed by atoms with Crippen molar-refractivity contribution in [2.75, 3.05) is 0 Å². The summed E-state index contributed by atoms with van der Waals surface area (Å²) in [5, 5.41) is 10.5. The van der Waals surface area contributed by atoms with Crippen LogP contribution in [0.1, 0.15) is 12.5 Å². The van der Waals surface area contributed by atoms with Crippen LogP contribution in [0.25, 0.3) is 0 Å². The highest BCUT2D eigenvalue weighted by Gasteiger charge is 2.38. The van der Waals surface area contributed by atoms with Crippen molar-refractivity contribution < 1.29 is 27.6 Å². The summed E-state index contributed by atoms with van der Waals surface area (Å²) in [6, 6.07) is 1.90. The van der Waals surface area contributed by atoms with Crippen molar-refractivity contribution in [1.29, 1.82) is 0 Å². The van der Waals surface area contributed by atoms with Gasteiger partial charge in [-0.25, -0.2) is 0 Å². The number of halogens is 3. The third kappa shape index (κ3) is 3.16. The van der Waals surface area contributed by atoms with E-state index in [0.29, 0.717) is 12.1 Å². The van der Waals surface area contributed by atoms with Gasteiger partial charge in [0, 0.05) is 6.92 Å². The molecule has 0 saturated carbocycles. The van der Waals surface area contributed by atoms with Gasteiger partial charge in [0.15, 0.2) is 0 Å². The van der Waals surface area contributed by atoms with Gasteiger partial charge >= 0.3 is 12.1 Å². The fourth-order valence-electron chi connectivity index (χ4n) is 1.13. The van der Waals surface area contributed by atoms with Gasteiger partial charge in [0.25, 0.3) is 5.69 Å². The van der Waals surface area contributed by atoms with Crippen molar-refractivity contribution in [3.63, 3.8) is 0 Å². The molecule has 0 saturated heterocycles. The molecule has 0 aliphatic carbocycles. The average molecular weight is 249 g/mol. The van der Waals surface area contributed by atoms with E-state index in [2.05, 4.69) is 4.74 Å². The summed E-state index contributed by atoms with van der Waals surface area (Å²) >= 11 is 0. The molecule has 0 amide bonds. The Hall–Kier alpha value is -2.12. The van der Waals surface area contributed by atoms with Gasteiger partial charge in [-0.1, -0.05) is 0 Å². The summed E-state index contributed by atoms with van der Waals surface area (Å²) in [6.45, 7) is 1.03. The molecular weight excluding hydrogens is 243 g/mol. The number of carbonyl (C=O) groups is 1. The maximum Gasteiger partial charge on any atom is 0.423 e. The topological polar surface area (TPSA) is 69.4 Å². The van der Waals surface area contributed by atoms with E-state index in [4.69, 9.17) is 0 Å². The number of nitrogens with zero attached hydrogens (tertiary/aromatic N) is 1. The van der Waals surface area contributed by atoms with Crippen LogP contribution >= 0.6 is 0 Å². The molecule has 0 atom stereocenters. The molecule has 0 radical (unpaired) electrons. The Morgan fingerprint density at radius 3 is 2.41 bits per heavy atom. The molecule has 1 aromatic carbocycles. The smallest absolute Gasteiger partial charge is 0.423 e. The van der Waals surface area contributed by atoms with Gasteiger partial charge in [-0.3, -0.25) is 14.9 Å². The predicted molar refractivity (Wildman–Crippen MR) is 49.4 cm³/mol. The van der Waals surface area contributed by atoms with Crippen LogP contribution in [-0.4, -0.2) is 10.9 Å². The van der Waals surface area contributed by atoms with Gasteiger partial charge < -0.3 is 4.74 Å². The van der Waals surface area contributed by atoms with Crippen molar-refractivity contribution in [3.05, 3.63) is 33.9 Å². The maximum atomic E-state index is 12.4. The number of esters is 1. The lowest BCUT2D eigenvalue weighted by molar-refractivity contribution is -0.388. The molecular formula is C9H6F3NO4. The number of nitro groups is 1. The van der Waals surface area contributed by atoms with Crippen molar-refractivity contribution in [2.45, 2.75) is 13.1 Å². The number of nitro benzene ring substituents is 1. The van der Waals surface area contributed by atoms with Gasteiger partial charge in [-0.15, -0.1) is 0 Å². The van der Waals surface area contributed by atoms with Crippen molar-refractivity contribution in [3.8, 4) is 5.75 Å². The molecule has 8 heteroatoms. The Bertz CT molecular complexity index is 470. The van der Waals surface area contributed by atoms with E-state index in [1.165, 1.54) is 0 Å². The van der Waals surface area contributed by atoms with E-state index in [-0.39, 0.29) is 5.75 Å². The van der Waals surface area contributed by atoms with Gasteiger partial charge in [0.1, 0.15) is 11.3 Å². The normalized spacial score (nSPS) is 11.1. The lowest BCUT2D eigenvalue weighted by Gasteiger charge is -2.08. The molecule has 0 aliphatic rings. The third-order valence-electron chi connectivity index (χ3n) is 1.73. The Morgan fingerprint density at radius 1 is 1.41 bits per heavy atom. The van der Waals surface area contributed by atoms with Crippen LogP contribution in [0, 0.1) is 10.1 Å². The van der Waals surface area contributed by atoms with Crippen LogP contribution in [0.15, 0.2) is 18.2 Å². The van der Waals surface area contributed by atoms with Crippen molar-refractivity contribution in [1.82, 2.24) is 0 Å². The molecule has 17 heavy (non-hydrogen) atoms. The molecule has 0 spiro atoms. The quantitative estimate of drug-likeness (QED) is 0.349. The molecule has 0 bridgehead atoms. The lowest BCUT2D eigenvalue weighted by Crippen LogP contribution is -2.09. The predicted octanol–water partition coefficient (Wildman–Crippen LogP) is 2.54. The molecule has 0 heterocycles. The minimum atomic E-state index is -4.84. The molecule has 0 N–H and O–H groups in total. The third-order valence-corrected chi connectivity index (χ3v) is 1.73. The lowest BCUT2D eigenvalue weighted by atomic mass is 10.1. The highest BCUT2D eigenvalue weighted by Crippen LogP contribution is 2.37. The summed E-state index contributed by atoms with van der Waals surface area (Å²) in [7, 11) is 0. The maximum absolute atomic E-state index is 12.4. The molecule has 5 nitrogen and oxygen atoms in total. The summed E-state index contributed by atoms with van der Waals surface area (Å²) < 4.78 is 41.6. The van der Waals surface area contributed by atoms with E-state index in [1.54, 1.807) is 0 Å². The monoisotopic (exact) mass is 249 g/mol. The van der Waals surface area contributed by atoms with Crippen LogP contribution < -0.4 is 4.74 Å². The van der Waals surface area contributed by atoms with E-state index < -0.39 is 28.3 Å². The van der Waals surface area contributed by atoms with Crippen LogP contribution in [-0.2, 0) is 11.0 Å². The summed E-state index contributed by atoms with van der Waals surface area (Å²) in [5.41, 5.74) is -2.55. The highest BCUT2D eigenvalue weighted by atomic mass is 19.4. The molecule has 1 aromatic rings. The fourth-order valence-corrected chi connectivity index (χ4v) is 1.13. The Labute approximate surface area is 93.0 Å². The van der Waals surface area contributed by atoms with Crippen molar-refractivity contribution >= 4 is 11.7 Å². The first-order chi connectivity index (χ1) is 7.71. The van der Waals surface area contributed by atoms with Crippen molar-refractivity contribution in [2.24, 2.45) is 0 Å². The Balaban J connectivity index is 3.27. The van der Waals surface area contributed by atoms with Crippen LogP contribution in [0.2, 0.25) is 0 Å². The number of carbonyl (C=O) groups excluding carboxylic acids is 1. The zero-order valence-corrected chi connectivity index (χ0v) is 8.45. The summed E-state index contributed by atoms with van der Waals surface area (Å²) in [5.74, 6) is -1.09. The minimum Gasteiger partial charge on any atom is -0.426 e. The highest BCUT2D eigenvalue weighted by molar-refractivity contribution is 5.69. The van der Waals surface area contributed by atoms with Crippen LogP contribution in [0.3, 0.4) is 0 Å². The molecule has 1 rings (SSSR count). The fraction of sp³-hybridized carbons (Fsp3) is 0.222. The van der Waals surface area contributed by atoms with Gasteiger partial charge in [-0.05, 0) is 12.1 Å². The largest absolute Gasteiger partial charge is 0.426 e. The standard InChI is InChI=1S/C9H6F3NO4/c1-5(14)17-6-2-3-7(9(10,11)12)8(4-6)13(15)16/h2-4H,1H3. The molecule has 0 aliphatic heterocycles. The number of rotatable bonds is 2. The molecule has 0 aromatic heterocycles. The SMILES string of the molecule is CC(=O)Oc1ccc(C(F)(F)F)c([N+](=O)[O-])c1. The summed E-state index contributed by atoms with van der Waals surface area (Å²) in [4.78, 5) is 19.8. The summed E-state index contributed by atoms with van der Waals surface area (Å²) in [6.07, 6.45) is -4.84. The number of benzene rings is 1. The molecule has 0 fully saturated rings. The van der Waals surface area contributed by atoms with E-state index in [1.807, 2.05) is 0 Å². The number of hydrogen-bond donors (Lipinski definition) is 0. The van der Waals surface area contributed by atoms with Gasteiger partial charge in [-0.2, -0.15) is 13.2 Å². The Kier molecular flexibility index (Phi) is 3.35. The average Bonchev–Trinajstić information content (AvgIpc) is 2.14. The first kappa shape index (κ1) is 12.9. The molecule has 0 unspecified atom stereocenters. The van der Waals surface area contributed by atoms with Crippen LogP contribution in [0.4, 0.5) is 18.9 Å². The van der Waals surface area contributed by atoms with Gasteiger partial charge in [0.05, 0.1) is 11.0 Å². The second kappa shape index (κ2) is 4.40. The van der Waals surface area contributed by atoms with Gasteiger partial charge in [0.2, 0.25) is 0 Å². The first-order valence-electron chi connectivity index (χ1n) is 4.26. The van der Waals surface area contributed by atoms with Crippen LogP contribution in [0.5, 0.6) is 5.75 Å². The first-order valence-corrected chi connectivity index (χ1v) is 4.26.